The summed E-state index contributed by atoms with van der Waals surface area (Å²) in [6, 6.07) is 8.46. The molecular formula is C21H20FNO6. The van der Waals surface area contributed by atoms with Crippen molar-refractivity contribution in [3.63, 3.8) is 0 Å². The standard InChI is InChI=1S/C21H20FNO6/c1-27-9-3-8-23-19(24)15-6-5-14(11-16(15)20(23)25)21(26)29-12-13-4-7-18(28-2)17(22)10-13/h4-7,10-11H,3,8-9,12H2,1-2H3. The summed E-state index contributed by atoms with van der Waals surface area (Å²) in [6.07, 6.45) is 0.523. The molecular weight excluding hydrogens is 381 g/mol. The summed E-state index contributed by atoms with van der Waals surface area (Å²) in [7, 11) is 2.90. The highest BCUT2D eigenvalue weighted by molar-refractivity contribution is 6.21. The molecule has 0 unspecified atom stereocenters. The van der Waals surface area contributed by atoms with E-state index in [2.05, 4.69) is 0 Å². The minimum Gasteiger partial charge on any atom is -0.494 e. The summed E-state index contributed by atoms with van der Waals surface area (Å²) in [5, 5.41) is 0. The number of rotatable bonds is 8. The molecule has 2 aromatic carbocycles. The Kier molecular flexibility index (Phi) is 6.23. The number of fused-ring (bicyclic) bond motifs is 1. The smallest absolute Gasteiger partial charge is 0.338 e. The number of carbonyl (C=O) groups is 3. The van der Waals surface area contributed by atoms with E-state index in [4.69, 9.17) is 14.2 Å². The molecule has 2 amide bonds. The van der Waals surface area contributed by atoms with Gasteiger partial charge in [0.05, 0.1) is 23.8 Å². The second-order valence-corrected chi connectivity index (χ2v) is 6.41. The molecule has 8 heteroatoms. The second-order valence-electron chi connectivity index (χ2n) is 6.41. The van der Waals surface area contributed by atoms with Gasteiger partial charge < -0.3 is 14.2 Å². The third kappa shape index (κ3) is 4.27. The monoisotopic (exact) mass is 401 g/mol. The van der Waals surface area contributed by atoms with Gasteiger partial charge >= 0.3 is 5.97 Å². The normalized spacial score (nSPS) is 12.9. The number of methoxy groups -OCH3 is 2. The highest BCUT2D eigenvalue weighted by atomic mass is 19.1. The fourth-order valence-corrected chi connectivity index (χ4v) is 3.02. The maximum absolute atomic E-state index is 13.7. The van der Waals surface area contributed by atoms with Crippen LogP contribution in [0.15, 0.2) is 36.4 Å². The van der Waals surface area contributed by atoms with Gasteiger partial charge in [-0.05, 0) is 42.3 Å². The lowest BCUT2D eigenvalue weighted by atomic mass is 10.1. The molecule has 0 bridgehead atoms. The van der Waals surface area contributed by atoms with Gasteiger partial charge in [-0.25, -0.2) is 9.18 Å². The molecule has 1 heterocycles. The van der Waals surface area contributed by atoms with Crippen LogP contribution in [0.5, 0.6) is 5.75 Å². The largest absolute Gasteiger partial charge is 0.494 e. The Morgan fingerprint density at radius 1 is 1.03 bits per heavy atom. The van der Waals surface area contributed by atoms with Crippen molar-refractivity contribution in [1.29, 1.82) is 0 Å². The Bertz CT molecular complexity index is 958. The van der Waals surface area contributed by atoms with Crippen molar-refractivity contribution in [2.45, 2.75) is 13.0 Å². The Morgan fingerprint density at radius 3 is 2.48 bits per heavy atom. The van der Waals surface area contributed by atoms with E-state index in [9.17, 15) is 18.8 Å². The van der Waals surface area contributed by atoms with Gasteiger partial charge in [0.25, 0.3) is 11.8 Å². The average molecular weight is 401 g/mol. The lowest BCUT2D eigenvalue weighted by molar-refractivity contribution is 0.0471. The van der Waals surface area contributed by atoms with E-state index in [1.54, 1.807) is 13.2 Å². The number of esters is 1. The average Bonchev–Trinajstić information content (AvgIpc) is 2.96. The summed E-state index contributed by atoms with van der Waals surface area (Å²) >= 11 is 0. The van der Waals surface area contributed by atoms with Crippen LogP contribution in [-0.2, 0) is 16.1 Å². The maximum Gasteiger partial charge on any atom is 0.338 e. The molecule has 0 spiro atoms. The van der Waals surface area contributed by atoms with Crippen LogP contribution >= 0.6 is 0 Å². The van der Waals surface area contributed by atoms with Crippen LogP contribution in [0.1, 0.15) is 43.1 Å². The van der Waals surface area contributed by atoms with Crippen molar-refractivity contribution < 1.29 is 33.0 Å². The van der Waals surface area contributed by atoms with Gasteiger partial charge in [-0.15, -0.1) is 0 Å². The van der Waals surface area contributed by atoms with Gasteiger partial charge in [0.2, 0.25) is 0 Å². The molecule has 1 aliphatic heterocycles. The van der Waals surface area contributed by atoms with Crippen LogP contribution in [-0.4, -0.2) is 50.1 Å². The first kappa shape index (κ1) is 20.5. The summed E-state index contributed by atoms with van der Waals surface area (Å²) in [4.78, 5) is 38.4. The molecule has 0 saturated heterocycles. The van der Waals surface area contributed by atoms with E-state index in [0.717, 1.165) is 4.90 Å². The molecule has 0 radical (unpaired) electrons. The van der Waals surface area contributed by atoms with E-state index >= 15 is 0 Å². The van der Waals surface area contributed by atoms with E-state index < -0.39 is 23.6 Å². The predicted molar refractivity (Wildman–Crippen MR) is 100 cm³/mol. The highest BCUT2D eigenvalue weighted by Crippen LogP contribution is 2.25. The van der Waals surface area contributed by atoms with Crippen LogP contribution in [0, 0.1) is 5.82 Å². The maximum atomic E-state index is 13.7. The lowest BCUT2D eigenvalue weighted by Gasteiger charge is -2.12. The zero-order valence-electron chi connectivity index (χ0n) is 16.1. The van der Waals surface area contributed by atoms with Crippen LogP contribution < -0.4 is 4.74 Å². The molecule has 2 aromatic rings. The Morgan fingerprint density at radius 2 is 1.79 bits per heavy atom. The van der Waals surface area contributed by atoms with Crippen LogP contribution in [0.4, 0.5) is 4.39 Å². The number of halogens is 1. The minimum absolute atomic E-state index is 0.0944. The highest BCUT2D eigenvalue weighted by Gasteiger charge is 2.35. The molecule has 0 aliphatic carbocycles. The first-order valence-electron chi connectivity index (χ1n) is 8.95. The van der Waals surface area contributed by atoms with E-state index in [1.807, 2.05) is 0 Å². The number of ether oxygens (including phenoxy) is 3. The van der Waals surface area contributed by atoms with Crippen molar-refractivity contribution in [1.82, 2.24) is 4.90 Å². The molecule has 0 saturated carbocycles. The fraction of sp³-hybridized carbons (Fsp3) is 0.286. The second kappa shape index (κ2) is 8.83. The molecule has 0 aromatic heterocycles. The van der Waals surface area contributed by atoms with Crippen LogP contribution in [0.3, 0.4) is 0 Å². The number of hydrogen-bond acceptors (Lipinski definition) is 6. The number of imide groups is 1. The Labute approximate surface area is 167 Å². The number of hydrogen-bond donors (Lipinski definition) is 0. The number of carbonyl (C=O) groups excluding carboxylic acids is 3. The molecule has 1 aliphatic rings. The molecule has 0 fully saturated rings. The van der Waals surface area contributed by atoms with Crippen LogP contribution in [0.25, 0.3) is 0 Å². The SMILES string of the molecule is COCCCN1C(=O)c2ccc(C(=O)OCc3ccc(OC)c(F)c3)cc2C1=O. The van der Waals surface area contributed by atoms with Crippen molar-refractivity contribution in [2.24, 2.45) is 0 Å². The molecule has 0 N–H and O–H groups in total. The van der Waals surface area contributed by atoms with Crippen LogP contribution in [0.2, 0.25) is 0 Å². The minimum atomic E-state index is -0.679. The molecule has 0 atom stereocenters. The fourth-order valence-electron chi connectivity index (χ4n) is 3.02. The van der Waals surface area contributed by atoms with E-state index in [-0.39, 0.29) is 35.6 Å². The number of amides is 2. The lowest BCUT2D eigenvalue weighted by Crippen LogP contribution is -2.31. The van der Waals surface area contributed by atoms with Crippen molar-refractivity contribution >= 4 is 17.8 Å². The first-order valence-corrected chi connectivity index (χ1v) is 8.95. The summed E-state index contributed by atoms with van der Waals surface area (Å²) in [5.74, 6) is -1.99. The van der Waals surface area contributed by atoms with Gasteiger partial charge in [-0.2, -0.15) is 0 Å². The molecule has 29 heavy (non-hydrogen) atoms. The topological polar surface area (TPSA) is 82.1 Å². The summed E-state index contributed by atoms with van der Waals surface area (Å²) in [6.45, 7) is 0.521. The van der Waals surface area contributed by atoms with Gasteiger partial charge in [0.15, 0.2) is 11.6 Å². The summed E-state index contributed by atoms with van der Waals surface area (Å²) in [5.41, 5.74) is 1.00. The van der Waals surface area contributed by atoms with Gasteiger partial charge in [-0.3, -0.25) is 14.5 Å². The Balaban J connectivity index is 1.69. The molecule has 7 nitrogen and oxygen atoms in total. The van der Waals surface area contributed by atoms with Crippen molar-refractivity contribution in [3.8, 4) is 5.75 Å². The Hall–Kier alpha value is -3.26. The molecule has 3 rings (SSSR count). The molecule has 152 valence electrons. The zero-order chi connectivity index (χ0) is 21.0. The van der Waals surface area contributed by atoms with Gasteiger partial charge in [0.1, 0.15) is 6.61 Å². The summed E-state index contributed by atoms with van der Waals surface area (Å²) < 4.78 is 28.7. The van der Waals surface area contributed by atoms with Crippen molar-refractivity contribution in [2.75, 3.05) is 27.4 Å². The number of nitrogens with zero attached hydrogens (tertiary/aromatic N) is 1. The number of benzene rings is 2. The van der Waals surface area contributed by atoms with E-state index in [0.29, 0.717) is 18.6 Å². The quantitative estimate of drug-likeness (QED) is 0.384. The van der Waals surface area contributed by atoms with E-state index in [1.165, 1.54) is 37.4 Å². The predicted octanol–water partition coefficient (Wildman–Crippen LogP) is 2.82. The van der Waals surface area contributed by atoms with Crippen molar-refractivity contribution in [3.05, 3.63) is 64.5 Å². The third-order valence-electron chi connectivity index (χ3n) is 4.52. The first-order chi connectivity index (χ1) is 14.0. The zero-order valence-corrected chi connectivity index (χ0v) is 16.1. The van der Waals surface area contributed by atoms with Gasteiger partial charge in [0, 0.05) is 20.3 Å². The third-order valence-corrected chi connectivity index (χ3v) is 4.52. The van der Waals surface area contributed by atoms with Gasteiger partial charge in [-0.1, -0.05) is 6.07 Å².